The standard InChI is InChI=1S/C23H33BF3NO6Si/c1-19(2,3)35-34-20(4,5)17-13-30-18(29)28(17)14-10-11-15(16(12-14)31-23(25,26)27)24-32-21(6,7)22(8,9)33-24/h10-12,17H,13H2,1-9H3/t17-/m1/s1. The first-order chi connectivity index (χ1) is 15.7. The lowest BCUT2D eigenvalue weighted by Crippen LogP contribution is -2.51. The Labute approximate surface area is 207 Å². The predicted octanol–water partition coefficient (Wildman–Crippen LogP) is 4.84. The van der Waals surface area contributed by atoms with Crippen LogP contribution >= 0.6 is 0 Å². The van der Waals surface area contributed by atoms with Gasteiger partial charge in [-0.1, -0.05) is 26.8 Å². The van der Waals surface area contributed by atoms with Gasteiger partial charge in [-0.15, -0.1) is 13.2 Å². The van der Waals surface area contributed by atoms with Crippen LogP contribution in [0.1, 0.15) is 62.3 Å². The summed E-state index contributed by atoms with van der Waals surface area (Å²) in [5.41, 5.74) is -2.09. The third-order valence-electron chi connectivity index (χ3n) is 6.30. The number of hydrogen-bond donors (Lipinski definition) is 0. The van der Waals surface area contributed by atoms with E-state index in [-0.39, 0.29) is 32.6 Å². The highest BCUT2D eigenvalue weighted by atomic mass is 28.2. The second-order valence-electron chi connectivity index (χ2n) is 11.4. The Kier molecular flexibility index (Phi) is 7.13. The fourth-order valence-corrected chi connectivity index (χ4v) is 4.33. The van der Waals surface area contributed by atoms with Gasteiger partial charge in [-0.05, 0) is 52.6 Å². The zero-order chi connectivity index (χ0) is 26.6. The van der Waals surface area contributed by atoms with Crippen molar-refractivity contribution in [3.8, 4) is 5.75 Å². The van der Waals surface area contributed by atoms with E-state index in [9.17, 15) is 18.0 Å². The van der Waals surface area contributed by atoms with Crippen LogP contribution in [-0.4, -0.2) is 58.8 Å². The van der Waals surface area contributed by atoms with Crippen molar-refractivity contribution in [2.24, 2.45) is 0 Å². The van der Waals surface area contributed by atoms with E-state index in [1.807, 2.05) is 34.6 Å². The molecule has 0 aliphatic carbocycles. The Morgan fingerprint density at radius 1 is 1.06 bits per heavy atom. The van der Waals surface area contributed by atoms with Gasteiger partial charge in [-0.25, -0.2) is 4.79 Å². The third-order valence-corrected chi connectivity index (χ3v) is 7.54. The molecule has 2 saturated heterocycles. The average molecular weight is 515 g/mol. The second kappa shape index (κ2) is 8.97. The van der Waals surface area contributed by atoms with Gasteiger partial charge in [-0.3, -0.25) is 4.90 Å². The van der Waals surface area contributed by atoms with Crippen LogP contribution in [0, 0.1) is 0 Å². The fourth-order valence-electron chi connectivity index (χ4n) is 3.62. The first-order valence-electron chi connectivity index (χ1n) is 11.4. The number of rotatable bonds is 6. The minimum absolute atomic E-state index is 0.0366. The number of cyclic esters (lactones) is 1. The molecule has 0 N–H and O–H groups in total. The van der Waals surface area contributed by atoms with E-state index in [4.69, 9.17) is 18.5 Å². The molecule has 12 heteroatoms. The molecule has 2 heterocycles. The Balaban J connectivity index is 1.98. The van der Waals surface area contributed by atoms with E-state index >= 15 is 0 Å². The first-order valence-corrected chi connectivity index (χ1v) is 12.3. The summed E-state index contributed by atoms with van der Waals surface area (Å²) in [5, 5.41) is -0.0935. The highest BCUT2D eigenvalue weighted by Crippen LogP contribution is 2.39. The molecule has 35 heavy (non-hydrogen) atoms. The monoisotopic (exact) mass is 515 g/mol. The number of alkyl halides is 3. The summed E-state index contributed by atoms with van der Waals surface area (Å²) in [7, 11) is -0.943. The number of ether oxygens (including phenoxy) is 2. The first kappa shape index (κ1) is 27.8. The van der Waals surface area contributed by atoms with Gasteiger partial charge in [0.05, 0.1) is 22.5 Å². The van der Waals surface area contributed by atoms with Crippen molar-refractivity contribution in [2.75, 3.05) is 11.5 Å². The molecule has 0 unspecified atom stereocenters. The molecule has 0 bridgehead atoms. The summed E-state index contributed by atoms with van der Waals surface area (Å²) in [4.78, 5) is 14.0. The molecule has 1 aromatic rings. The molecule has 0 saturated carbocycles. The number of hydrogen-bond acceptors (Lipinski definition) is 6. The van der Waals surface area contributed by atoms with Crippen LogP contribution in [0.4, 0.5) is 23.7 Å². The number of carbonyl (C=O) groups excluding carboxylic acids is 1. The van der Waals surface area contributed by atoms with Crippen molar-refractivity contribution < 1.29 is 41.2 Å². The predicted molar refractivity (Wildman–Crippen MR) is 127 cm³/mol. The van der Waals surface area contributed by atoms with Crippen LogP contribution in [0.5, 0.6) is 5.75 Å². The van der Waals surface area contributed by atoms with Gasteiger partial charge in [0.25, 0.3) is 0 Å². The molecule has 1 amide bonds. The molecule has 0 spiro atoms. The van der Waals surface area contributed by atoms with Crippen molar-refractivity contribution in [1.82, 2.24) is 0 Å². The van der Waals surface area contributed by atoms with Crippen molar-refractivity contribution in [1.29, 1.82) is 0 Å². The maximum absolute atomic E-state index is 13.3. The van der Waals surface area contributed by atoms with Gasteiger partial charge in [0.15, 0.2) is 0 Å². The van der Waals surface area contributed by atoms with Gasteiger partial charge in [0, 0.05) is 11.5 Å². The number of anilines is 1. The van der Waals surface area contributed by atoms with Crippen LogP contribution in [-0.2, 0) is 18.5 Å². The van der Waals surface area contributed by atoms with E-state index in [0.29, 0.717) is 0 Å². The zero-order valence-corrected chi connectivity index (χ0v) is 22.6. The summed E-state index contributed by atoms with van der Waals surface area (Å²) in [6.45, 7) is 17.0. The number of halogens is 3. The maximum Gasteiger partial charge on any atom is 0.573 e. The Hall–Kier alpha value is -1.76. The number of carbonyl (C=O) groups is 1. The molecule has 0 aromatic heterocycles. The largest absolute Gasteiger partial charge is 0.573 e. The van der Waals surface area contributed by atoms with Crippen molar-refractivity contribution in [2.45, 2.75) is 96.6 Å². The van der Waals surface area contributed by atoms with E-state index in [1.54, 1.807) is 27.7 Å². The lowest BCUT2D eigenvalue weighted by molar-refractivity contribution is -0.274. The van der Waals surface area contributed by atoms with E-state index in [2.05, 4.69) is 4.74 Å². The van der Waals surface area contributed by atoms with E-state index < -0.39 is 48.2 Å². The molecule has 3 rings (SSSR count). The molecular formula is C23H33BF3NO6Si. The van der Waals surface area contributed by atoms with Crippen LogP contribution in [0.2, 0.25) is 5.04 Å². The minimum Gasteiger partial charge on any atom is -0.447 e. The summed E-state index contributed by atoms with van der Waals surface area (Å²) in [5.74, 6) is -0.512. The summed E-state index contributed by atoms with van der Waals surface area (Å²) < 4.78 is 67.7. The van der Waals surface area contributed by atoms with Crippen LogP contribution < -0.4 is 15.1 Å². The van der Waals surface area contributed by atoms with Gasteiger partial charge in [0.2, 0.25) is 9.76 Å². The molecule has 2 radical (unpaired) electrons. The van der Waals surface area contributed by atoms with E-state index in [0.717, 1.165) is 6.07 Å². The summed E-state index contributed by atoms with van der Waals surface area (Å²) in [6, 6.07) is 3.55. The lowest BCUT2D eigenvalue weighted by atomic mass is 9.78. The van der Waals surface area contributed by atoms with Gasteiger partial charge >= 0.3 is 19.6 Å². The van der Waals surface area contributed by atoms with Crippen LogP contribution in [0.25, 0.3) is 0 Å². The second-order valence-corrected chi connectivity index (χ2v) is 13.3. The van der Waals surface area contributed by atoms with Crippen LogP contribution in [0.3, 0.4) is 0 Å². The highest BCUT2D eigenvalue weighted by molar-refractivity contribution is 6.63. The van der Waals surface area contributed by atoms with Crippen LogP contribution in [0.15, 0.2) is 18.2 Å². The topological polar surface area (TPSA) is 66.5 Å². The smallest absolute Gasteiger partial charge is 0.447 e. The number of nitrogens with zero attached hydrogens (tertiary/aromatic N) is 1. The van der Waals surface area contributed by atoms with Gasteiger partial charge < -0.3 is 23.2 Å². The van der Waals surface area contributed by atoms with Gasteiger partial charge in [-0.2, -0.15) is 0 Å². The molecule has 2 aliphatic rings. The molecule has 2 fully saturated rings. The average Bonchev–Trinajstić information content (AvgIpc) is 3.15. The molecule has 194 valence electrons. The molecule has 1 atom stereocenters. The van der Waals surface area contributed by atoms with Crippen molar-refractivity contribution in [3.63, 3.8) is 0 Å². The molecule has 7 nitrogen and oxygen atoms in total. The van der Waals surface area contributed by atoms with Gasteiger partial charge in [0.1, 0.15) is 18.4 Å². The highest BCUT2D eigenvalue weighted by Gasteiger charge is 2.53. The zero-order valence-electron chi connectivity index (χ0n) is 21.6. The number of amides is 1. The lowest BCUT2D eigenvalue weighted by Gasteiger charge is -2.37. The molecule has 1 aromatic carbocycles. The minimum atomic E-state index is -4.96. The summed E-state index contributed by atoms with van der Waals surface area (Å²) >= 11 is 0. The maximum atomic E-state index is 13.3. The normalized spacial score (nSPS) is 22.5. The fraction of sp³-hybridized carbons (Fsp3) is 0.696. The molecular weight excluding hydrogens is 482 g/mol. The Morgan fingerprint density at radius 3 is 2.14 bits per heavy atom. The van der Waals surface area contributed by atoms with Crippen molar-refractivity contribution in [3.05, 3.63) is 18.2 Å². The SMILES string of the molecule is CC(C)(C)[Si]OC(C)(C)[C@H]1COC(=O)N1c1ccc(B2OC(C)(C)C(C)(C)O2)c(OC(F)(F)F)c1. The summed E-state index contributed by atoms with van der Waals surface area (Å²) in [6.07, 6.45) is -5.63. The quantitative estimate of drug-likeness (QED) is 0.506. The third kappa shape index (κ3) is 6.15. The van der Waals surface area contributed by atoms with E-state index in [1.165, 1.54) is 17.0 Å². The molecule has 2 aliphatic heterocycles. The van der Waals surface area contributed by atoms with Crippen molar-refractivity contribution >= 4 is 34.1 Å². The number of benzene rings is 1. The Morgan fingerprint density at radius 2 is 1.63 bits per heavy atom. The Bertz CT molecular complexity index is 948.